The van der Waals surface area contributed by atoms with Gasteiger partial charge in [0.15, 0.2) is 5.76 Å². The lowest BCUT2D eigenvalue weighted by atomic mass is 10.1. The Morgan fingerprint density at radius 2 is 2.05 bits per heavy atom. The van der Waals surface area contributed by atoms with Gasteiger partial charge in [-0.2, -0.15) is 0 Å². The van der Waals surface area contributed by atoms with Gasteiger partial charge in [-0.25, -0.2) is 4.79 Å². The molecule has 5 heteroatoms. The third-order valence-electron chi connectivity index (χ3n) is 3.70. The summed E-state index contributed by atoms with van der Waals surface area (Å²) in [5.41, 5.74) is 1.37. The van der Waals surface area contributed by atoms with E-state index in [-0.39, 0.29) is 11.7 Å². The van der Waals surface area contributed by atoms with E-state index in [1.165, 1.54) is 0 Å². The van der Waals surface area contributed by atoms with E-state index in [1.54, 1.807) is 13.0 Å². The second kappa shape index (κ2) is 4.67. The third-order valence-corrected chi connectivity index (χ3v) is 3.70. The van der Waals surface area contributed by atoms with Crippen LogP contribution in [0.4, 0.5) is 0 Å². The van der Waals surface area contributed by atoms with Gasteiger partial charge >= 0.3 is 5.97 Å². The van der Waals surface area contributed by atoms with Crippen LogP contribution in [0.25, 0.3) is 11.0 Å². The Morgan fingerprint density at radius 1 is 1.35 bits per heavy atom. The number of benzene rings is 1. The van der Waals surface area contributed by atoms with Gasteiger partial charge in [-0.1, -0.05) is 18.2 Å². The van der Waals surface area contributed by atoms with Crippen molar-refractivity contribution in [2.75, 3.05) is 0 Å². The van der Waals surface area contributed by atoms with Crippen molar-refractivity contribution >= 4 is 22.8 Å². The lowest BCUT2D eigenvalue weighted by Crippen LogP contribution is -2.42. The molecule has 1 atom stereocenters. The number of aliphatic carboxylic acids is 1. The predicted molar refractivity (Wildman–Crippen MR) is 72.6 cm³/mol. The average molecular weight is 273 g/mol. The number of hydrogen-bond acceptors (Lipinski definition) is 3. The normalized spacial score (nSPS) is 16.1. The van der Waals surface area contributed by atoms with Crippen molar-refractivity contribution in [1.29, 1.82) is 0 Å². The Morgan fingerprint density at radius 3 is 2.65 bits per heavy atom. The number of fused-ring (bicyclic) bond motifs is 1. The fraction of sp³-hybridized carbons (Fsp3) is 0.333. The van der Waals surface area contributed by atoms with Crippen molar-refractivity contribution in [1.82, 2.24) is 5.32 Å². The van der Waals surface area contributed by atoms with Gasteiger partial charge in [-0.15, -0.1) is 0 Å². The summed E-state index contributed by atoms with van der Waals surface area (Å²) in [5, 5.41) is 12.6. The molecule has 2 aromatic rings. The van der Waals surface area contributed by atoms with Crippen LogP contribution in [0.3, 0.4) is 0 Å². The molecule has 0 bridgehead atoms. The molecule has 1 aromatic carbocycles. The fourth-order valence-electron chi connectivity index (χ4n) is 2.41. The quantitative estimate of drug-likeness (QED) is 0.896. The van der Waals surface area contributed by atoms with Gasteiger partial charge < -0.3 is 14.8 Å². The van der Waals surface area contributed by atoms with Crippen molar-refractivity contribution in [2.45, 2.75) is 25.8 Å². The first kappa shape index (κ1) is 12.7. The van der Waals surface area contributed by atoms with E-state index >= 15 is 0 Å². The summed E-state index contributed by atoms with van der Waals surface area (Å²) in [6.07, 6.45) is 1.69. The molecule has 0 saturated heterocycles. The molecule has 1 fully saturated rings. The Hall–Kier alpha value is -2.30. The number of carboxylic acid groups (broad SMARTS) is 1. The molecule has 1 amide bonds. The number of carbonyl (C=O) groups excluding carboxylic acids is 1. The highest BCUT2D eigenvalue weighted by molar-refractivity contribution is 6.00. The molecule has 1 aromatic heterocycles. The molecule has 1 aliphatic carbocycles. The first-order valence-electron chi connectivity index (χ1n) is 6.59. The molecule has 104 valence electrons. The molecule has 0 aliphatic heterocycles. The number of furan rings is 1. The second-order valence-electron chi connectivity index (χ2n) is 5.18. The number of rotatable bonds is 4. The maximum absolute atomic E-state index is 12.2. The molecule has 1 aliphatic rings. The van der Waals surface area contributed by atoms with Crippen LogP contribution in [-0.4, -0.2) is 23.0 Å². The standard InChI is InChI=1S/C15H15NO4/c1-8-10-4-2-3-5-11(10)20-13(8)14(17)16-12(15(18)19)9-6-7-9/h2-5,9,12H,6-7H2,1H3,(H,16,17)(H,18,19). The number of hydrogen-bond donors (Lipinski definition) is 2. The minimum atomic E-state index is -0.991. The summed E-state index contributed by atoms with van der Waals surface area (Å²) in [6, 6.07) is 6.54. The van der Waals surface area contributed by atoms with E-state index < -0.39 is 17.9 Å². The summed E-state index contributed by atoms with van der Waals surface area (Å²) in [6.45, 7) is 1.80. The Bertz CT molecular complexity index is 684. The van der Waals surface area contributed by atoms with Crippen LogP contribution in [-0.2, 0) is 4.79 Å². The maximum Gasteiger partial charge on any atom is 0.326 e. The fourth-order valence-corrected chi connectivity index (χ4v) is 2.41. The molecule has 0 spiro atoms. The maximum atomic E-state index is 12.2. The van der Waals surface area contributed by atoms with E-state index in [2.05, 4.69) is 5.32 Å². The monoisotopic (exact) mass is 273 g/mol. The smallest absolute Gasteiger partial charge is 0.326 e. The minimum absolute atomic E-state index is 0.0427. The van der Waals surface area contributed by atoms with E-state index in [4.69, 9.17) is 9.52 Å². The summed E-state index contributed by atoms with van der Waals surface area (Å²) in [7, 11) is 0. The van der Waals surface area contributed by atoms with Crippen molar-refractivity contribution in [2.24, 2.45) is 5.92 Å². The minimum Gasteiger partial charge on any atom is -0.480 e. The van der Waals surface area contributed by atoms with Crippen molar-refractivity contribution < 1.29 is 19.1 Å². The molecular formula is C15H15NO4. The first-order valence-corrected chi connectivity index (χ1v) is 6.59. The number of carboxylic acids is 1. The van der Waals surface area contributed by atoms with E-state index in [0.717, 1.165) is 23.8 Å². The first-order chi connectivity index (χ1) is 9.58. The van der Waals surface area contributed by atoms with Gasteiger partial charge in [-0.3, -0.25) is 4.79 Å². The largest absolute Gasteiger partial charge is 0.480 e. The van der Waals surface area contributed by atoms with Gasteiger partial charge in [0, 0.05) is 10.9 Å². The summed E-state index contributed by atoms with van der Waals surface area (Å²) < 4.78 is 5.54. The van der Waals surface area contributed by atoms with Crippen molar-refractivity contribution in [3.8, 4) is 0 Å². The lowest BCUT2D eigenvalue weighted by molar-refractivity contribution is -0.139. The van der Waals surface area contributed by atoms with Gasteiger partial charge in [0.05, 0.1) is 0 Å². The summed E-state index contributed by atoms with van der Waals surface area (Å²) in [5.74, 6) is -1.22. The van der Waals surface area contributed by atoms with Crippen LogP contribution in [0.1, 0.15) is 29.0 Å². The molecule has 20 heavy (non-hydrogen) atoms. The van der Waals surface area contributed by atoms with E-state index in [9.17, 15) is 9.59 Å². The van der Waals surface area contributed by atoms with Gasteiger partial charge in [0.1, 0.15) is 11.6 Å². The van der Waals surface area contributed by atoms with Crippen molar-refractivity contribution in [3.05, 3.63) is 35.6 Å². The van der Waals surface area contributed by atoms with Crippen LogP contribution in [0.2, 0.25) is 0 Å². The number of amides is 1. The Balaban J connectivity index is 1.88. The highest BCUT2D eigenvalue weighted by atomic mass is 16.4. The van der Waals surface area contributed by atoms with Crippen molar-refractivity contribution in [3.63, 3.8) is 0 Å². The summed E-state index contributed by atoms with van der Waals surface area (Å²) >= 11 is 0. The lowest BCUT2D eigenvalue weighted by Gasteiger charge is -2.12. The highest BCUT2D eigenvalue weighted by Crippen LogP contribution is 2.33. The Labute approximate surface area is 115 Å². The molecule has 1 unspecified atom stereocenters. The molecule has 1 saturated carbocycles. The zero-order valence-corrected chi connectivity index (χ0v) is 11.1. The molecular weight excluding hydrogens is 258 g/mol. The number of nitrogens with one attached hydrogen (secondary N) is 1. The van der Waals surface area contributed by atoms with Crippen LogP contribution in [0, 0.1) is 12.8 Å². The molecule has 3 rings (SSSR count). The van der Waals surface area contributed by atoms with E-state index in [1.807, 2.05) is 18.2 Å². The number of carbonyl (C=O) groups is 2. The topological polar surface area (TPSA) is 79.5 Å². The summed E-state index contributed by atoms with van der Waals surface area (Å²) in [4.78, 5) is 23.4. The highest BCUT2D eigenvalue weighted by Gasteiger charge is 2.38. The molecule has 2 N–H and O–H groups in total. The number of para-hydroxylation sites is 1. The van der Waals surface area contributed by atoms with E-state index in [0.29, 0.717) is 5.58 Å². The number of aryl methyl sites for hydroxylation is 1. The zero-order valence-electron chi connectivity index (χ0n) is 11.1. The third kappa shape index (κ3) is 2.15. The van der Waals surface area contributed by atoms with Crippen LogP contribution < -0.4 is 5.32 Å². The predicted octanol–water partition coefficient (Wildman–Crippen LogP) is 2.33. The van der Waals surface area contributed by atoms with Gasteiger partial charge in [0.25, 0.3) is 5.91 Å². The molecule has 1 heterocycles. The Kier molecular flexibility index (Phi) is 2.97. The second-order valence-corrected chi connectivity index (χ2v) is 5.18. The SMILES string of the molecule is Cc1c(C(=O)NC(C(=O)O)C2CC2)oc2ccccc12. The zero-order chi connectivity index (χ0) is 14.3. The average Bonchev–Trinajstić information content (AvgIpc) is 3.20. The molecule has 5 nitrogen and oxygen atoms in total. The van der Waals surface area contributed by atoms with Gasteiger partial charge in [0.2, 0.25) is 0 Å². The molecule has 0 radical (unpaired) electrons. The van der Waals surface area contributed by atoms with Crippen LogP contribution in [0.15, 0.2) is 28.7 Å². The van der Waals surface area contributed by atoms with Crippen LogP contribution in [0.5, 0.6) is 0 Å². The van der Waals surface area contributed by atoms with Crippen LogP contribution >= 0.6 is 0 Å². The van der Waals surface area contributed by atoms with Gasteiger partial charge in [-0.05, 0) is 31.7 Å².